The molecule has 0 saturated carbocycles. The summed E-state index contributed by atoms with van der Waals surface area (Å²) in [5, 5.41) is 0. The molecule has 7 heteroatoms. The molecule has 0 radical (unpaired) electrons. The largest absolute Gasteiger partial charge is 0.493 e. The van der Waals surface area contributed by atoms with E-state index in [9.17, 15) is 0 Å². The summed E-state index contributed by atoms with van der Waals surface area (Å²) in [6, 6.07) is 7.84. The normalized spacial score (nSPS) is 24.1. The van der Waals surface area contributed by atoms with Crippen molar-refractivity contribution >= 4 is 0 Å². The van der Waals surface area contributed by atoms with Crippen molar-refractivity contribution in [2.24, 2.45) is 5.92 Å². The van der Waals surface area contributed by atoms with Gasteiger partial charge in [-0.2, -0.15) is 0 Å². The maximum atomic E-state index is 6.36. The molecule has 0 spiro atoms. The van der Waals surface area contributed by atoms with Crippen LogP contribution in [0.15, 0.2) is 24.3 Å². The highest BCUT2D eigenvalue weighted by molar-refractivity contribution is 5.60. The molecule has 2 aromatic rings. The zero-order chi connectivity index (χ0) is 21.5. The fourth-order valence-electron chi connectivity index (χ4n) is 4.35. The molecule has 0 aromatic heterocycles. The van der Waals surface area contributed by atoms with Crippen molar-refractivity contribution in [3.8, 4) is 34.5 Å². The standard InChI is InChI=1S/C23H28O7/c1-7-29-23(3)13(2)21(14-8-19(24-4)22(26-6)20(9-14)25-5)15-10-17-18(28-12-27-17)11-16(15)30-23/h8-11,13,21H,7,12H2,1-6H3. The van der Waals surface area contributed by atoms with Crippen LogP contribution in [0.4, 0.5) is 0 Å². The molecule has 2 aliphatic rings. The molecule has 3 unspecified atom stereocenters. The lowest BCUT2D eigenvalue weighted by molar-refractivity contribution is -0.209. The van der Waals surface area contributed by atoms with Crippen LogP contribution in [0.25, 0.3) is 0 Å². The highest BCUT2D eigenvalue weighted by atomic mass is 16.7. The van der Waals surface area contributed by atoms with Crippen LogP contribution in [0, 0.1) is 5.92 Å². The Labute approximate surface area is 176 Å². The summed E-state index contributed by atoms with van der Waals surface area (Å²) >= 11 is 0. The van der Waals surface area contributed by atoms with Crippen molar-refractivity contribution in [2.45, 2.75) is 32.5 Å². The van der Waals surface area contributed by atoms with E-state index >= 15 is 0 Å². The number of hydrogen-bond acceptors (Lipinski definition) is 7. The minimum Gasteiger partial charge on any atom is -0.493 e. The zero-order valence-electron chi connectivity index (χ0n) is 18.2. The van der Waals surface area contributed by atoms with Gasteiger partial charge in [0.15, 0.2) is 23.0 Å². The van der Waals surface area contributed by atoms with Crippen LogP contribution in [0.5, 0.6) is 34.5 Å². The van der Waals surface area contributed by atoms with Crippen molar-refractivity contribution in [2.75, 3.05) is 34.7 Å². The van der Waals surface area contributed by atoms with E-state index in [0.717, 1.165) is 11.1 Å². The first-order valence-electron chi connectivity index (χ1n) is 10.0. The Kier molecular flexibility index (Phi) is 5.32. The maximum absolute atomic E-state index is 6.36. The first-order valence-corrected chi connectivity index (χ1v) is 10.0. The van der Waals surface area contributed by atoms with Gasteiger partial charge < -0.3 is 33.2 Å². The lowest BCUT2D eigenvalue weighted by Crippen LogP contribution is -2.48. The molecule has 0 saturated heterocycles. The Bertz CT molecular complexity index is 916. The monoisotopic (exact) mass is 416 g/mol. The average molecular weight is 416 g/mol. The third-order valence-electron chi connectivity index (χ3n) is 5.96. The first-order chi connectivity index (χ1) is 14.5. The Morgan fingerprint density at radius 3 is 2.13 bits per heavy atom. The van der Waals surface area contributed by atoms with Gasteiger partial charge in [0.05, 0.1) is 21.3 Å². The molecule has 0 N–H and O–H groups in total. The Morgan fingerprint density at radius 2 is 1.57 bits per heavy atom. The maximum Gasteiger partial charge on any atom is 0.231 e. The van der Waals surface area contributed by atoms with Crippen LogP contribution in [0.2, 0.25) is 0 Å². The quantitative estimate of drug-likeness (QED) is 0.693. The second-order valence-electron chi connectivity index (χ2n) is 7.52. The molecule has 0 fully saturated rings. The molecule has 2 heterocycles. The Hall–Kier alpha value is -2.80. The second kappa shape index (κ2) is 7.80. The van der Waals surface area contributed by atoms with E-state index in [1.165, 1.54) is 0 Å². The fourth-order valence-corrected chi connectivity index (χ4v) is 4.35. The van der Waals surface area contributed by atoms with Crippen molar-refractivity contribution < 1.29 is 33.2 Å². The van der Waals surface area contributed by atoms with Gasteiger partial charge in [0.2, 0.25) is 18.3 Å². The van der Waals surface area contributed by atoms with Crippen molar-refractivity contribution in [3.05, 3.63) is 35.4 Å². The minimum atomic E-state index is -0.819. The number of benzene rings is 2. The number of ether oxygens (including phenoxy) is 7. The lowest BCUT2D eigenvalue weighted by Gasteiger charge is -2.45. The second-order valence-corrected chi connectivity index (χ2v) is 7.52. The van der Waals surface area contributed by atoms with E-state index in [-0.39, 0.29) is 18.6 Å². The van der Waals surface area contributed by atoms with Crippen LogP contribution in [-0.2, 0) is 4.74 Å². The zero-order valence-corrected chi connectivity index (χ0v) is 18.2. The third kappa shape index (κ3) is 3.17. The summed E-state index contributed by atoms with van der Waals surface area (Å²) in [7, 11) is 4.83. The molecule has 3 atom stereocenters. The third-order valence-corrected chi connectivity index (χ3v) is 5.96. The molecule has 2 aromatic carbocycles. The van der Waals surface area contributed by atoms with Gasteiger partial charge in [0.1, 0.15) is 5.75 Å². The number of methoxy groups -OCH3 is 3. The van der Waals surface area contributed by atoms with Gasteiger partial charge in [-0.25, -0.2) is 0 Å². The van der Waals surface area contributed by atoms with E-state index in [2.05, 4.69) is 6.92 Å². The fraction of sp³-hybridized carbons (Fsp3) is 0.478. The Balaban J connectivity index is 1.92. The summed E-state index contributed by atoms with van der Waals surface area (Å²) in [5.41, 5.74) is 2.00. The average Bonchev–Trinajstić information content (AvgIpc) is 3.19. The van der Waals surface area contributed by atoms with Crippen LogP contribution < -0.4 is 28.4 Å². The summed E-state index contributed by atoms with van der Waals surface area (Å²) in [5.74, 6) is 2.96. The van der Waals surface area contributed by atoms with Crippen LogP contribution in [-0.4, -0.2) is 40.5 Å². The molecule has 0 bridgehead atoms. The van der Waals surface area contributed by atoms with E-state index in [0.29, 0.717) is 41.1 Å². The predicted molar refractivity (Wildman–Crippen MR) is 110 cm³/mol. The van der Waals surface area contributed by atoms with Gasteiger partial charge in [-0.3, -0.25) is 0 Å². The van der Waals surface area contributed by atoms with Gasteiger partial charge in [0.25, 0.3) is 0 Å². The van der Waals surface area contributed by atoms with Crippen LogP contribution >= 0.6 is 0 Å². The van der Waals surface area contributed by atoms with E-state index in [4.69, 9.17) is 33.2 Å². The molecule has 2 aliphatic heterocycles. The van der Waals surface area contributed by atoms with Crippen LogP contribution in [0.3, 0.4) is 0 Å². The number of hydrogen-bond donors (Lipinski definition) is 0. The summed E-state index contributed by atoms with van der Waals surface area (Å²) < 4.78 is 40.3. The smallest absolute Gasteiger partial charge is 0.231 e. The van der Waals surface area contributed by atoms with E-state index in [1.54, 1.807) is 21.3 Å². The topological polar surface area (TPSA) is 64.6 Å². The van der Waals surface area contributed by atoms with Crippen molar-refractivity contribution in [1.29, 1.82) is 0 Å². The summed E-state index contributed by atoms with van der Waals surface area (Å²) in [6.45, 7) is 6.79. The van der Waals surface area contributed by atoms with Crippen molar-refractivity contribution in [1.82, 2.24) is 0 Å². The van der Waals surface area contributed by atoms with Crippen molar-refractivity contribution in [3.63, 3.8) is 0 Å². The van der Waals surface area contributed by atoms with E-state index in [1.807, 2.05) is 38.1 Å². The highest BCUT2D eigenvalue weighted by Crippen LogP contribution is 2.54. The summed E-state index contributed by atoms with van der Waals surface area (Å²) in [4.78, 5) is 0. The molecule has 162 valence electrons. The molecule has 4 rings (SSSR count). The number of fused-ring (bicyclic) bond motifs is 2. The number of rotatable bonds is 6. The minimum absolute atomic E-state index is 0.0203. The van der Waals surface area contributed by atoms with Gasteiger partial charge in [-0.05, 0) is 30.7 Å². The van der Waals surface area contributed by atoms with Gasteiger partial charge in [0, 0.05) is 37.0 Å². The molecule has 7 nitrogen and oxygen atoms in total. The van der Waals surface area contributed by atoms with Gasteiger partial charge in [-0.15, -0.1) is 0 Å². The first kappa shape index (κ1) is 20.5. The van der Waals surface area contributed by atoms with Gasteiger partial charge >= 0.3 is 0 Å². The summed E-state index contributed by atoms with van der Waals surface area (Å²) in [6.07, 6.45) is 0. The predicted octanol–water partition coefficient (Wildman–Crippen LogP) is 4.35. The highest BCUT2D eigenvalue weighted by Gasteiger charge is 2.47. The molecular formula is C23H28O7. The molecule has 0 amide bonds. The molecule has 0 aliphatic carbocycles. The Morgan fingerprint density at radius 1 is 0.933 bits per heavy atom. The molecule has 30 heavy (non-hydrogen) atoms. The van der Waals surface area contributed by atoms with Crippen LogP contribution in [0.1, 0.15) is 37.8 Å². The van der Waals surface area contributed by atoms with E-state index < -0.39 is 5.79 Å². The lowest BCUT2D eigenvalue weighted by atomic mass is 9.75. The molecular weight excluding hydrogens is 388 g/mol. The SMILES string of the molecule is CCOC1(C)Oc2cc3c(cc2C(c2cc(OC)c(OC)c(OC)c2)C1C)OCO3. The van der Waals surface area contributed by atoms with Gasteiger partial charge in [-0.1, -0.05) is 6.92 Å².